The number of aliphatic hydroxyl groups is 1. The normalized spacial score (nSPS) is 21.7. The number of carbonyl (C=O) groups is 1. The van der Waals surface area contributed by atoms with E-state index in [1.807, 2.05) is 31.2 Å². The number of amides is 1. The molecule has 0 bridgehead atoms. The molecule has 1 heterocycles. The lowest BCUT2D eigenvalue weighted by Gasteiger charge is -2.42. The monoisotopic (exact) mass is 356 g/mol. The zero-order valence-electron chi connectivity index (χ0n) is 14.0. The summed E-state index contributed by atoms with van der Waals surface area (Å²) >= 11 is 0. The summed E-state index contributed by atoms with van der Waals surface area (Å²) in [6.07, 6.45) is 1.49. The summed E-state index contributed by atoms with van der Waals surface area (Å²) in [6, 6.07) is 7.91. The molecular weight excluding hydrogens is 332 g/mol. The van der Waals surface area contributed by atoms with Crippen LogP contribution >= 0.6 is 0 Å². The van der Waals surface area contributed by atoms with E-state index in [1.54, 1.807) is 0 Å². The van der Waals surface area contributed by atoms with Crippen LogP contribution in [-0.2, 0) is 26.0 Å². The van der Waals surface area contributed by atoms with Crippen molar-refractivity contribution in [3.8, 4) is 0 Å². The van der Waals surface area contributed by atoms with E-state index in [4.69, 9.17) is 4.74 Å². The molecule has 24 heavy (non-hydrogen) atoms. The zero-order valence-corrected chi connectivity index (χ0v) is 14.8. The quantitative estimate of drug-likeness (QED) is 0.728. The zero-order chi connectivity index (χ0) is 17.8. The molecule has 0 saturated carbocycles. The number of ether oxygens (including phenoxy) is 1. The molecule has 8 heteroatoms. The van der Waals surface area contributed by atoms with E-state index in [1.165, 1.54) is 4.90 Å². The number of hydrogen-bond acceptors (Lipinski definition) is 5. The molecule has 0 spiro atoms. The van der Waals surface area contributed by atoms with Gasteiger partial charge in [-0.3, -0.25) is 4.79 Å². The fraction of sp³-hybridized carbons (Fsp3) is 0.562. The largest absolute Gasteiger partial charge is 0.393 e. The smallest absolute Gasteiger partial charge is 0.237 e. The van der Waals surface area contributed by atoms with Crippen molar-refractivity contribution in [3.05, 3.63) is 35.4 Å². The Balaban J connectivity index is 2.06. The van der Waals surface area contributed by atoms with Gasteiger partial charge in [-0.25, -0.2) is 13.1 Å². The van der Waals surface area contributed by atoms with Gasteiger partial charge >= 0.3 is 0 Å². The fourth-order valence-electron chi connectivity index (χ4n) is 2.81. The molecule has 1 saturated heterocycles. The van der Waals surface area contributed by atoms with E-state index < -0.39 is 15.6 Å². The molecule has 0 radical (unpaired) electrons. The summed E-state index contributed by atoms with van der Waals surface area (Å²) in [5.74, 6) is -0.328. The van der Waals surface area contributed by atoms with E-state index in [0.717, 1.165) is 17.4 Å². The highest BCUT2D eigenvalue weighted by atomic mass is 32.2. The van der Waals surface area contributed by atoms with E-state index >= 15 is 0 Å². The Kier molecular flexibility index (Phi) is 5.97. The number of morpholine rings is 1. The van der Waals surface area contributed by atoms with Crippen LogP contribution in [-0.4, -0.2) is 69.0 Å². The second-order valence-electron chi connectivity index (χ2n) is 6.26. The Labute approximate surface area is 142 Å². The third-order valence-corrected chi connectivity index (χ3v) is 4.65. The van der Waals surface area contributed by atoms with Crippen LogP contribution in [0, 0.1) is 6.92 Å². The third-order valence-electron chi connectivity index (χ3n) is 3.98. The Hall–Kier alpha value is -1.48. The van der Waals surface area contributed by atoms with Crippen LogP contribution < -0.4 is 4.72 Å². The van der Waals surface area contributed by atoms with Crippen molar-refractivity contribution in [1.29, 1.82) is 0 Å². The predicted molar refractivity (Wildman–Crippen MR) is 90.1 cm³/mol. The van der Waals surface area contributed by atoms with Crippen molar-refractivity contribution in [3.63, 3.8) is 0 Å². The fourth-order valence-corrected chi connectivity index (χ4v) is 3.20. The molecule has 1 aliphatic rings. The molecule has 134 valence electrons. The SMILES string of the molecule is Cc1cccc(CC2(CO)CN(C(=O)CNS(C)(=O)=O)CCO2)c1. The summed E-state index contributed by atoms with van der Waals surface area (Å²) in [5.41, 5.74) is 1.27. The highest BCUT2D eigenvalue weighted by Crippen LogP contribution is 2.23. The minimum absolute atomic E-state index is 0.218. The van der Waals surface area contributed by atoms with Crippen molar-refractivity contribution < 1.29 is 23.1 Å². The molecule has 0 aromatic heterocycles. The molecule has 7 nitrogen and oxygen atoms in total. The number of nitrogens with one attached hydrogen (secondary N) is 1. The number of aryl methyl sites for hydroxylation is 1. The minimum atomic E-state index is -3.42. The lowest BCUT2D eigenvalue weighted by Crippen LogP contribution is -2.58. The van der Waals surface area contributed by atoms with Gasteiger partial charge in [0.25, 0.3) is 0 Å². The van der Waals surface area contributed by atoms with Gasteiger partial charge in [0.05, 0.1) is 32.6 Å². The second kappa shape index (κ2) is 7.60. The maximum Gasteiger partial charge on any atom is 0.237 e. The number of carbonyl (C=O) groups excluding carboxylic acids is 1. The number of hydrogen-bond donors (Lipinski definition) is 2. The van der Waals surface area contributed by atoms with Gasteiger partial charge in [-0.15, -0.1) is 0 Å². The van der Waals surface area contributed by atoms with Gasteiger partial charge < -0.3 is 14.7 Å². The molecule has 1 unspecified atom stereocenters. The van der Waals surface area contributed by atoms with E-state index in [2.05, 4.69) is 4.72 Å². The highest BCUT2D eigenvalue weighted by molar-refractivity contribution is 7.88. The molecular formula is C16H24N2O5S. The summed E-state index contributed by atoms with van der Waals surface area (Å²) in [6.45, 7) is 2.39. The van der Waals surface area contributed by atoms with Crippen LogP contribution in [0.1, 0.15) is 11.1 Å². The van der Waals surface area contributed by atoms with Crippen LogP contribution in [0.2, 0.25) is 0 Å². The average Bonchev–Trinajstić information content (AvgIpc) is 2.52. The van der Waals surface area contributed by atoms with Crippen molar-refractivity contribution in [2.75, 3.05) is 39.1 Å². The molecule has 0 aliphatic carbocycles. The van der Waals surface area contributed by atoms with Crippen molar-refractivity contribution in [2.45, 2.75) is 18.9 Å². The lowest BCUT2D eigenvalue weighted by atomic mass is 9.92. The van der Waals surface area contributed by atoms with Gasteiger partial charge in [0, 0.05) is 13.0 Å². The minimum Gasteiger partial charge on any atom is -0.393 e. The van der Waals surface area contributed by atoms with Gasteiger partial charge in [0.1, 0.15) is 5.60 Å². The summed E-state index contributed by atoms with van der Waals surface area (Å²) in [5, 5.41) is 9.86. The van der Waals surface area contributed by atoms with Gasteiger partial charge in [-0.2, -0.15) is 0 Å². The van der Waals surface area contributed by atoms with Gasteiger partial charge in [0.2, 0.25) is 15.9 Å². The molecule has 2 rings (SSSR count). The van der Waals surface area contributed by atoms with Crippen LogP contribution in [0.5, 0.6) is 0 Å². The van der Waals surface area contributed by atoms with Gasteiger partial charge in [0.15, 0.2) is 0 Å². The molecule has 1 fully saturated rings. The Morgan fingerprint density at radius 2 is 2.21 bits per heavy atom. The van der Waals surface area contributed by atoms with E-state index in [-0.39, 0.29) is 25.6 Å². The van der Waals surface area contributed by atoms with Crippen LogP contribution in [0.4, 0.5) is 0 Å². The molecule has 1 aromatic carbocycles. The number of aliphatic hydroxyl groups excluding tert-OH is 1. The maximum atomic E-state index is 12.2. The lowest BCUT2D eigenvalue weighted by molar-refractivity contribution is -0.156. The number of nitrogens with zero attached hydrogens (tertiary/aromatic N) is 1. The first-order valence-corrected chi connectivity index (χ1v) is 9.65. The predicted octanol–water partition coefficient (Wildman–Crippen LogP) is -0.323. The van der Waals surface area contributed by atoms with Crippen molar-refractivity contribution in [1.82, 2.24) is 9.62 Å². The molecule has 1 atom stereocenters. The van der Waals surface area contributed by atoms with Crippen molar-refractivity contribution in [2.24, 2.45) is 0 Å². The van der Waals surface area contributed by atoms with E-state index in [0.29, 0.717) is 19.6 Å². The standard InChI is InChI=1S/C16H24N2O5S/c1-13-4-3-5-14(8-13)9-16(12-19)11-18(6-7-23-16)15(20)10-17-24(2,21)22/h3-5,8,17,19H,6-7,9-12H2,1-2H3. The van der Waals surface area contributed by atoms with E-state index in [9.17, 15) is 18.3 Å². The number of benzene rings is 1. The average molecular weight is 356 g/mol. The third kappa shape index (κ3) is 5.27. The first-order valence-electron chi connectivity index (χ1n) is 7.76. The van der Waals surface area contributed by atoms with Crippen molar-refractivity contribution >= 4 is 15.9 Å². The molecule has 1 aliphatic heterocycles. The van der Waals surface area contributed by atoms with Crippen LogP contribution in [0.3, 0.4) is 0 Å². The van der Waals surface area contributed by atoms with Crippen LogP contribution in [0.25, 0.3) is 0 Å². The topological polar surface area (TPSA) is 95.9 Å². The number of sulfonamides is 1. The first-order chi connectivity index (χ1) is 11.2. The summed E-state index contributed by atoms with van der Waals surface area (Å²) in [4.78, 5) is 13.8. The maximum absolute atomic E-state index is 12.2. The van der Waals surface area contributed by atoms with Gasteiger partial charge in [-0.05, 0) is 12.5 Å². The number of rotatable bonds is 6. The molecule has 1 amide bonds. The summed E-state index contributed by atoms with van der Waals surface area (Å²) in [7, 11) is -3.42. The Bertz CT molecular complexity index is 691. The highest BCUT2D eigenvalue weighted by Gasteiger charge is 2.38. The first kappa shape index (κ1) is 18.9. The van der Waals surface area contributed by atoms with Crippen LogP contribution in [0.15, 0.2) is 24.3 Å². The Morgan fingerprint density at radius 1 is 1.46 bits per heavy atom. The molecule has 2 N–H and O–H groups in total. The molecule has 1 aromatic rings. The second-order valence-corrected chi connectivity index (χ2v) is 8.10. The summed E-state index contributed by atoms with van der Waals surface area (Å²) < 4.78 is 30.3. The van der Waals surface area contributed by atoms with Gasteiger partial charge in [-0.1, -0.05) is 29.8 Å². The Morgan fingerprint density at radius 3 is 2.83 bits per heavy atom.